The molecule has 110 valence electrons. The SMILES string of the molecule is CC(Cc1ccsc1)Nc1ccc([N+](=O)[O-])cc1C(=O)O. The average molecular weight is 306 g/mol. The maximum absolute atomic E-state index is 11.2. The second-order valence-electron chi connectivity index (χ2n) is 4.67. The molecule has 1 unspecified atom stereocenters. The van der Waals surface area contributed by atoms with Gasteiger partial charge < -0.3 is 10.4 Å². The highest BCUT2D eigenvalue weighted by atomic mass is 32.1. The number of carboxylic acid groups (broad SMARTS) is 1. The smallest absolute Gasteiger partial charge is 0.338 e. The summed E-state index contributed by atoms with van der Waals surface area (Å²) in [7, 11) is 0. The number of carboxylic acids is 1. The number of thiophene rings is 1. The van der Waals surface area contributed by atoms with E-state index in [0.717, 1.165) is 12.5 Å². The normalized spacial score (nSPS) is 11.9. The van der Waals surface area contributed by atoms with E-state index in [1.165, 1.54) is 17.7 Å². The van der Waals surface area contributed by atoms with Gasteiger partial charge in [-0.15, -0.1) is 0 Å². The molecule has 0 fully saturated rings. The van der Waals surface area contributed by atoms with Gasteiger partial charge in [0.1, 0.15) is 0 Å². The molecule has 0 spiro atoms. The predicted molar refractivity (Wildman–Crippen MR) is 81.2 cm³/mol. The highest BCUT2D eigenvalue weighted by Crippen LogP contribution is 2.23. The van der Waals surface area contributed by atoms with Gasteiger partial charge in [0, 0.05) is 23.9 Å². The average Bonchev–Trinajstić information content (AvgIpc) is 2.91. The summed E-state index contributed by atoms with van der Waals surface area (Å²) in [5.74, 6) is -1.19. The number of aromatic carboxylic acids is 1. The Morgan fingerprint density at radius 2 is 2.24 bits per heavy atom. The Morgan fingerprint density at radius 1 is 1.48 bits per heavy atom. The third kappa shape index (κ3) is 3.79. The van der Waals surface area contributed by atoms with Crippen molar-refractivity contribution in [2.45, 2.75) is 19.4 Å². The number of hydrogen-bond donors (Lipinski definition) is 2. The molecule has 0 bridgehead atoms. The molecule has 7 heteroatoms. The molecule has 1 heterocycles. The van der Waals surface area contributed by atoms with Crippen LogP contribution in [0.5, 0.6) is 0 Å². The van der Waals surface area contributed by atoms with Crippen LogP contribution in [0, 0.1) is 10.1 Å². The van der Waals surface area contributed by atoms with Crippen LogP contribution in [-0.4, -0.2) is 22.0 Å². The van der Waals surface area contributed by atoms with Gasteiger partial charge in [0.2, 0.25) is 0 Å². The molecule has 0 radical (unpaired) electrons. The number of anilines is 1. The first kappa shape index (κ1) is 15.0. The van der Waals surface area contributed by atoms with Gasteiger partial charge in [0.15, 0.2) is 0 Å². The molecule has 21 heavy (non-hydrogen) atoms. The van der Waals surface area contributed by atoms with E-state index in [1.54, 1.807) is 11.3 Å². The Labute approximate surface area is 125 Å². The zero-order chi connectivity index (χ0) is 15.4. The number of non-ortho nitro benzene ring substituents is 1. The number of nitrogens with one attached hydrogen (secondary N) is 1. The largest absolute Gasteiger partial charge is 0.478 e. The molecule has 1 atom stereocenters. The van der Waals surface area contributed by atoms with Crippen molar-refractivity contribution < 1.29 is 14.8 Å². The zero-order valence-corrected chi connectivity index (χ0v) is 12.1. The third-order valence-electron chi connectivity index (χ3n) is 2.97. The topological polar surface area (TPSA) is 92.5 Å². The minimum absolute atomic E-state index is 0.0131. The van der Waals surface area contributed by atoms with Gasteiger partial charge in [0.05, 0.1) is 10.5 Å². The number of nitrogens with zero attached hydrogens (tertiary/aromatic N) is 1. The lowest BCUT2D eigenvalue weighted by Crippen LogP contribution is -2.19. The van der Waals surface area contributed by atoms with E-state index in [1.807, 2.05) is 23.8 Å². The first-order chi connectivity index (χ1) is 9.97. The molecule has 1 aromatic carbocycles. The van der Waals surface area contributed by atoms with Crippen molar-refractivity contribution in [1.29, 1.82) is 0 Å². The number of carbonyl (C=O) groups is 1. The highest BCUT2D eigenvalue weighted by Gasteiger charge is 2.17. The maximum atomic E-state index is 11.2. The molecule has 0 amide bonds. The lowest BCUT2D eigenvalue weighted by molar-refractivity contribution is -0.384. The Hall–Kier alpha value is -2.41. The molecule has 0 saturated heterocycles. The van der Waals surface area contributed by atoms with Crippen LogP contribution in [-0.2, 0) is 6.42 Å². The quantitative estimate of drug-likeness (QED) is 0.630. The van der Waals surface area contributed by atoms with E-state index in [-0.39, 0.29) is 17.3 Å². The van der Waals surface area contributed by atoms with Crippen molar-refractivity contribution in [3.05, 3.63) is 56.3 Å². The standard InChI is InChI=1S/C14H14N2O4S/c1-9(6-10-4-5-21-8-10)15-13-3-2-11(16(19)20)7-12(13)14(17)18/h2-5,7-9,15H,6H2,1H3,(H,17,18). The Bertz CT molecular complexity index is 655. The fraction of sp³-hybridized carbons (Fsp3) is 0.214. The molecular formula is C14H14N2O4S. The van der Waals surface area contributed by atoms with Crippen molar-refractivity contribution in [2.75, 3.05) is 5.32 Å². The molecule has 1 aromatic heterocycles. The maximum Gasteiger partial charge on any atom is 0.338 e. The minimum atomic E-state index is -1.19. The van der Waals surface area contributed by atoms with Crippen molar-refractivity contribution in [2.24, 2.45) is 0 Å². The fourth-order valence-corrected chi connectivity index (χ4v) is 2.71. The van der Waals surface area contributed by atoms with Gasteiger partial charge in [-0.1, -0.05) is 0 Å². The van der Waals surface area contributed by atoms with Crippen LogP contribution >= 0.6 is 11.3 Å². The number of hydrogen-bond acceptors (Lipinski definition) is 5. The summed E-state index contributed by atoms with van der Waals surface area (Å²) in [5, 5.41) is 27.0. The van der Waals surface area contributed by atoms with Crippen LogP contribution in [0.15, 0.2) is 35.0 Å². The summed E-state index contributed by atoms with van der Waals surface area (Å²) < 4.78 is 0. The molecule has 2 rings (SSSR count). The third-order valence-corrected chi connectivity index (χ3v) is 3.70. The molecular weight excluding hydrogens is 292 g/mol. The van der Waals surface area contributed by atoms with Gasteiger partial charge in [0.25, 0.3) is 5.69 Å². The van der Waals surface area contributed by atoms with Crippen molar-refractivity contribution >= 4 is 28.7 Å². The summed E-state index contributed by atoms with van der Waals surface area (Å²) in [6.45, 7) is 1.94. The molecule has 0 saturated carbocycles. The second kappa shape index (κ2) is 6.36. The molecule has 2 N–H and O–H groups in total. The number of nitro benzene ring substituents is 1. The number of benzene rings is 1. The van der Waals surface area contributed by atoms with Crippen LogP contribution in [0.25, 0.3) is 0 Å². The minimum Gasteiger partial charge on any atom is -0.478 e. The molecule has 2 aromatic rings. The first-order valence-electron chi connectivity index (χ1n) is 6.26. The Kier molecular flexibility index (Phi) is 4.54. The lowest BCUT2D eigenvalue weighted by atomic mass is 10.1. The summed E-state index contributed by atoms with van der Waals surface area (Å²) in [6, 6.07) is 5.83. The Morgan fingerprint density at radius 3 is 2.81 bits per heavy atom. The van der Waals surface area contributed by atoms with Gasteiger partial charge in [-0.05, 0) is 41.8 Å². The molecule has 0 aliphatic heterocycles. The molecule has 0 aliphatic carbocycles. The van der Waals surface area contributed by atoms with Crippen molar-refractivity contribution in [1.82, 2.24) is 0 Å². The van der Waals surface area contributed by atoms with Gasteiger partial charge in [-0.25, -0.2) is 4.79 Å². The van der Waals surface area contributed by atoms with E-state index in [9.17, 15) is 20.0 Å². The fourth-order valence-electron chi connectivity index (χ4n) is 2.03. The molecule has 0 aliphatic rings. The summed E-state index contributed by atoms with van der Waals surface area (Å²) in [5.41, 5.74) is 1.22. The summed E-state index contributed by atoms with van der Waals surface area (Å²) >= 11 is 1.60. The van der Waals surface area contributed by atoms with Gasteiger partial charge >= 0.3 is 5.97 Å². The van der Waals surface area contributed by atoms with E-state index < -0.39 is 10.9 Å². The van der Waals surface area contributed by atoms with E-state index >= 15 is 0 Å². The van der Waals surface area contributed by atoms with E-state index in [2.05, 4.69) is 5.32 Å². The van der Waals surface area contributed by atoms with Gasteiger partial charge in [-0.2, -0.15) is 11.3 Å². The summed E-state index contributed by atoms with van der Waals surface area (Å²) in [6.07, 6.45) is 0.750. The zero-order valence-electron chi connectivity index (χ0n) is 11.3. The molecule has 6 nitrogen and oxygen atoms in total. The van der Waals surface area contributed by atoms with E-state index in [4.69, 9.17) is 0 Å². The monoisotopic (exact) mass is 306 g/mol. The van der Waals surface area contributed by atoms with Crippen LogP contribution in [0.2, 0.25) is 0 Å². The second-order valence-corrected chi connectivity index (χ2v) is 5.45. The van der Waals surface area contributed by atoms with Crippen LogP contribution in [0.1, 0.15) is 22.8 Å². The first-order valence-corrected chi connectivity index (χ1v) is 7.21. The van der Waals surface area contributed by atoms with Crippen molar-refractivity contribution in [3.8, 4) is 0 Å². The van der Waals surface area contributed by atoms with E-state index in [0.29, 0.717) is 5.69 Å². The van der Waals surface area contributed by atoms with Crippen molar-refractivity contribution in [3.63, 3.8) is 0 Å². The lowest BCUT2D eigenvalue weighted by Gasteiger charge is -2.16. The van der Waals surface area contributed by atoms with Crippen LogP contribution in [0.4, 0.5) is 11.4 Å². The summed E-state index contributed by atoms with van der Waals surface area (Å²) in [4.78, 5) is 21.3. The highest BCUT2D eigenvalue weighted by molar-refractivity contribution is 7.07. The van der Waals surface area contributed by atoms with Crippen LogP contribution < -0.4 is 5.32 Å². The Balaban J connectivity index is 2.18. The van der Waals surface area contributed by atoms with Crippen LogP contribution in [0.3, 0.4) is 0 Å². The number of rotatable bonds is 6. The van der Waals surface area contributed by atoms with Gasteiger partial charge in [-0.3, -0.25) is 10.1 Å². The number of nitro groups is 1. The predicted octanol–water partition coefficient (Wildman–Crippen LogP) is 3.40.